The monoisotopic (exact) mass is 485 g/mol. The number of rotatable bonds is 7. The standard InChI is InChI=1S/C23H17Cl2N3O3S/c1-2-12-28(20-9-7-18(24)8-10-20)32(30,31)22-14-17(6-11-21(22)25)23(29)27-19-5-3-4-16(13-19)15-26/h2-11,13-14H,1,12H2,(H,27,29). The van der Waals surface area contributed by atoms with Crippen LogP contribution in [0.1, 0.15) is 15.9 Å². The van der Waals surface area contributed by atoms with E-state index in [1.165, 1.54) is 30.3 Å². The van der Waals surface area contributed by atoms with Crippen LogP contribution < -0.4 is 9.62 Å². The maximum atomic E-state index is 13.4. The Balaban J connectivity index is 1.98. The Labute approximate surface area is 196 Å². The van der Waals surface area contributed by atoms with Crippen molar-refractivity contribution in [1.82, 2.24) is 0 Å². The lowest BCUT2D eigenvalue weighted by molar-refractivity contribution is 0.102. The van der Waals surface area contributed by atoms with Gasteiger partial charge in [-0.1, -0.05) is 35.3 Å². The number of carbonyl (C=O) groups excluding carboxylic acids is 1. The molecule has 0 atom stereocenters. The molecule has 0 saturated heterocycles. The highest BCUT2D eigenvalue weighted by molar-refractivity contribution is 7.93. The third-order valence-corrected chi connectivity index (χ3v) is 6.95. The molecule has 0 aliphatic rings. The molecule has 0 heterocycles. The number of nitriles is 1. The average Bonchev–Trinajstić information content (AvgIpc) is 2.78. The molecule has 1 N–H and O–H groups in total. The number of nitrogens with one attached hydrogen (secondary N) is 1. The van der Waals surface area contributed by atoms with Gasteiger partial charge in [0, 0.05) is 16.3 Å². The smallest absolute Gasteiger partial charge is 0.266 e. The maximum absolute atomic E-state index is 13.4. The van der Waals surface area contributed by atoms with E-state index in [0.29, 0.717) is 22.0 Å². The van der Waals surface area contributed by atoms with Crippen LogP contribution in [0.25, 0.3) is 0 Å². The van der Waals surface area contributed by atoms with Crippen LogP contribution in [0.2, 0.25) is 10.0 Å². The average molecular weight is 486 g/mol. The third kappa shape index (κ3) is 5.11. The van der Waals surface area contributed by atoms with E-state index in [0.717, 1.165) is 4.31 Å². The van der Waals surface area contributed by atoms with Gasteiger partial charge in [0.15, 0.2) is 0 Å². The molecule has 0 radical (unpaired) electrons. The quantitative estimate of drug-likeness (QED) is 0.447. The van der Waals surface area contributed by atoms with Crippen LogP contribution in [0.4, 0.5) is 11.4 Å². The van der Waals surface area contributed by atoms with Crippen molar-refractivity contribution in [2.75, 3.05) is 16.2 Å². The first-order chi connectivity index (χ1) is 15.3. The predicted molar refractivity (Wildman–Crippen MR) is 127 cm³/mol. The SMILES string of the molecule is C=CCN(c1ccc(Cl)cc1)S(=O)(=O)c1cc(C(=O)Nc2cccc(C#N)c2)ccc1Cl. The number of sulfonamides is 1. The van der Waals surface area contributed by atoms with Crippen LogP contribution in [-0.2, 0) is 10.0 Å². The van der Waals surface area contributed by atoms with Gasteiger partial charge in [0.2, 0.25) is 0 Å². The summed E-state index contributed by atoms with van der Waals surface area (Å²) in [5, 5.41) is 12.1. The summed E-state index contributed by atoms with van der Waals surface area (Å²) in [6.07, 6.45) is 1.44. The van der Waals surface area contributed by atoms with Gasteiger partial charge in [-0.25, -0.2) is 8.42 Å². The molecule has 9 heteroatoms. The van der Waals surface area contributed by atoms with Gasteiger partial charge >= 0.3 is 0 Å². The first kappa shape index (κ1) is 23.4. The predicted octanol–water partition coefficient (Wildman–Crippen LogP) is 5.50. The van der Waals surface area contributed by atoms with E-state index in [9.17, 15) is 13.2 Å². The molecule has 0 fully saturated rings. The Kier molecular flexibility index (Phi) is 7.21. The first-order valence-corrected chi connectivity index (χ1v) is 11.5. The topological polar surface area (TPSA) is 90.3 Å². The fraction of sp³-hybridized carbons (Fsp3) is 0.0435. The van der Waals surface area contributed by atoms with Crippen molar-refractivity contribution >= 4 is 50.5 Å². The van der Waals surface area contributed by atoms with Crippen molar-refractivity contribution in [3.8, 4) is 6.07 Å². The molecule has 0 aromatic heterocycles. The van der Waals surface area contributed by atoms with Crippen LogP contribution in [0.15, 0.2) is 84.3 Å². The largest absolute Gasteiger partial charge is 0.322 e. The van der Waals surface area contributed by atoms with Gasteiger partial charge in [0.1, 0.15) is 4.90 Å². The molecule has 3 rings (SSSR count). The van der Waals surface area contributed by atoms with Gasteiger partial charge in [0.25, 0.3) is 15.9 Å². The van der Waals surface area contributed by atoms with Crippen molar-refractivity contribution in [3.05, 3.63) is 101 Å². The Bertz CT molecular complexity index is 1320. The highest BCUT2D eigenvalue weighted by atomic mass is 35.5. The zero-order valence-corrected chi connectivity index (χ0v) is 19.0. The summed E-state index contributed by atoms with van der Waals surface area (Å²) in [7, 11) is -4.14. The summed E-state index contributed by atoms with van der Waals surface area (Å²) in [6, 6.07) is 18.6. The fourth-order valence-electron chi connectivity index (χ4n) is 2.90. The molecule has 0 saturated carbocycles. The number of halogens is 2. The van der Waals surface area contributed by atoms with E-state index in [4.69, 9.17) is 28.5 Å². The van der Waals surface area contributed by atoms with E-state index in [2.05, 4.69) is 11.9 Å². The zero-order chi connectivity index (χ0) is 23.3. The third-order valence-electron chi connectivity index (χ3n) is 4.42. The van der Waals surface area contributed by atoms with Gasteiger partial charge in [-0.2, -0.15) is 5.26 Å². The minimum atomic E-state index is -4.14. The summed E-state index contributed by atoms with van der Waals surface area (Å²) in [4.78, 5) is 12.5. The lowest BCUT2D eigenvalue weighted by atomic mass is 10.2. The van der Waals surface area contributed by atoms with E-state index >= 15 is 0 Å². The molecule has 0 unspecified atom stereocenters. The molecular formula is C23H17Cl2N3O3S. The molecule has 0 bridgehead atoms. The van der Waals surface area contributed by atoms with Crippen LogP contribution in [0.5, 0.6) is 0 Å². The number of carbonyl (C=O) groups is 1. The second-order valence-electron chi connectivity index (χ2n) is 6.59. The number of benzene rings is 3. The van der Waals surface area contributed by atoms with Crippen molar-refractivity contribution < 1.29 is 13.2 Å². The summed E-state index contributed by atoms with van der Waals surface area (Å²) < 4.78 is 28.0. The second kappa shape index (κ2) is 9.88. The number of anilines is 2. The fourth-order valence-corrected chi connectivity index (χ4v) is 4.96. The summed E-state index contributed by atoms with van der Waals surface area (Å²) >= 11 is 12.1. The lowest BCUT2D eigenvalue weighted by Crippen LogP contribution is -2.31. The van der Waals surface area contributed by atoms with Crippen LogP contribution >= 0.6 is 23.2 Å². The molecule has 0 aliphatic heterocycles. The van der Waals surface area contributed by atoms with Gasteiger partial charge in [-0.3, -0.25) is 9.10 Å². The normalized spacial score (nSPS) is 10.8. The summed E-state index contributed by atoms with van der Waals surface area (Å²) in [5.74, 6) is -0.546. The van der Waals surface area contributed by atoms with Crippen LogP contribution in [0.3, 0.4) is 0 Å². The Morgan fingerprint density at radius 3 is 2.47 bits per heavy atom. The molecule has 6 nitrogen and oxygen atoms in total. The Morgan fingerprint density at radius 2 is 1.81 bits per heavy atom. The van der Waals surface area contributed by atoms with E-state index in [-0.39, 0.29) is 22.0 Å². The van der Waals surface area contributed by atoms with Crippen LogP contribution in [-0.4, -0.2) is 20.9 Å². The number of hydrogen-bond donors (Lipinski definition) is 1. The van der Waals surface area contributed by atoms with Crippen molar-refractivity contribution in [1.29, 1.82) is 5.26 Å². The minimum absolute atomic E-state index is 0.0162. The zero-order valence-electron chi connectivity index (χ0n) is 16.6. The maximum Gasteiger partial charge on any atom is 0.266 e. The molecule has 3 aromatic carbocycles. The summed E-state index contributed by atoms with van der Waals surface area (Å²) in [5.41, 5.74) is 1.24. The molecule has 0 aliphatic carbocycles. The Hall–Kier alpha value is -3.31. The van der Waals surface area contributed by atoms with Gasteiger partial charge in [-0.15, -0.1) is 6.58 Å². The van der Waals surface area contributed by atoms with Crippen molar-refractivity contribution in [2.24, 2.45) is 0 Å². The highest BCUT2D eigenvalue weighted by Gasteiger charge is 2.27. The lowest BCUT2D eigenvalue weighted by Gasteiger charge is -2.24. The van der Waals surface area contributed by atoms with Crippen molar-refractivity contribution in [2.45, 2.75) is 4.90 Å². The molecule has 1 amide bonds. The van der Waals surface area contributed by atoms with E-state index < -0.39 is 15.9 Å². The van der Waals surface area contributed by atoms with E-state index in [1.807, 2.05) is 6.07 Å². The highest BCUT2D eigenvalue weighted by Crippen LogP contribution is 2.30. The number of nitrogens with zero attached hydrogens (tertiary/aromatic N) is 2. The first-order valence-electron chi connectivity index (χ1n) is 9.26. The summed E-state index contributed by atoms with van der Waals surface area (Å²) in [6.45, 7) is 3.61. The Morgan fingerprint density at radius 1 is 1.09 bits per heavy atom. The molecule has 162 valence electrons. The number of amides is 1. The van der Waals surface area contributed by atoms with E-state index in [1.54, 1.807) is 42.5 Å². The second-order valence-corrected chi connectivity index (χ2v) is 9.27. The van der Waals surface area contributed by atoms with Crippen molar-refractivity contribution in [3.63, 3.8) is 0 Å². The molecule has 32 heavy (non-hydrogen) atoms. The van der Waals surface area contributed by atoms with Gasteiger partial charge in [-0.05, 0) is 60.7 Å². The molecule has 3 aromatic rings. The molecular weight excluding hydrogens is 469 g/mol. The minimum Gasteiger partial charge on any atom is -0.322 e. The number of hydrogen-bond acceptors (Lipinski definition) is 4. The molecule has 0 spiro atoms. The van der Waals surface area contributed by atoms with Gasteiger partial charge < -0.3 is 5.32 Å². The van der Waals surface area contributed by atoms with Crippen LogP contribution in [0, 0.1) is 11.3 Å². The van der Waals surface area contributed by atoms with Gasteiger partial charge in [0.05, 0.1) is 28.9 Å².